The predicted molar refractivity (Wildman–Crippen MR) is 121 cm³/mol. The van der Waals surface area contributed by atoms with Gasteiger partial charge in [-0.25, -0.2) is 8.42 Å². The number of sulfonamides is 1. The molecule has 0 aromatic heterocycles. The summed E-state index contributed by atoms with van der Waals surface area (Å²) in [5, 5.41) is 13.5. The standard InChI is InChI=1S/C21H25FN4O6S/c1-3-25(4-2)33(30,31)16-6-8-19(24-9-11-32-12-10-24)17(14-16)21(27)23-15-5-7-18(22)20(13-15)26(28)29/h5-8,13-14H,3-4,9-12H2,1-2H3,(H,23,27). The molecule has 12 heteroatoms. The lowest BCUT2D eigenvalue weighted by Crippen LogP contribution is -2.37. The van der Waals surface area contributed by atoms with Crippen molar-refractivity contribution in [2.75, 3.05) is 49.6 Å². The van der Waals surface area contributed by atoms with Crippen LogP contribution in [0.3, 0.4) is 0 Å². The average Bonchev–Trinajstić information content (AvgIpc) is 2.81. The lowest BCUT2D eigenvalue weighted by Gasteiger charge is -2.30. The minimum absolute atomic E-state index is 0.0121. The van der Waals surface area contributed by atoms with Gasteiger partial charge < -0.3 is 15.0 Å². The van der Waals surface area contributed by atoms with E-state index in [1.54, 1.807) is 19.9 Å². The molecule has 0 unspecified atom stereocenters. The van der Waals surface area contributed by atoms with E-state index in [0.29, 0.717) is 32.0 Å². The number of hydrogen-bond acceptors (Lipinski definition) is 7. The quantitative estimate of drug-likeness (QED) is 0.455. The van der Waals surface area contributed by atoms with Gasteiger partial charge in [0.25, 0.3) is 5.91 Å². The van der Waals surface area contributed by atoms with Gasteiger partial charge in [0.1, 0.15) is 0 Å². The normalized spacial score (nSPS) is 14.4. The van der Waals surface area contributed by atoms with Crippen LogP contribution in [0.5, 0.6) is 0 Å². The molecule has 10 nitrogen and oxygen atoms in total. The number of amides is 1. The summed E-state index contributed by atoms with van der Waals surface area (Å²) >= 11 is 0. The molecular weight excluding hydrogens is 455 g/mol. The van der Waals surface area contributed by atoms with E-state index >= 15 is 0 Å². The Bertz CT molecular complexity index is 1150. The van der Waals surface area contributed by atoms with E-state index in [4.69, 9.17) is 4.74 Å². The van der Waals surface area contributed by atoms with E-state index in [9.17, 15) is 27.7 Å². The van der Waals surface area contributed by atoms with Crippen molar-refractivity contribution in [2.45, 2.75) is 18.7 Å². The van der Waals surface area contributed by atoms with Crippen molar-refractivity contribution in [1.29, 1.82) is 0 Å². The first-order chi connectivity index (χ1) is 15.7. The zero-order valence-electron chi connectivity index (χ0n) is 18.3. The molecule has 1 N–H and O–H groups in total. The van der Waals surface area contributed by atoms with Crippen LogP contribution in [0.2, 0.25) is 0 Å². The highest BCUT2D eigenvalue weighted by atomic mass is 32.2. The third-order valence-electron chi connectivity index (χ3n) is 5.31. The predicted octanol–water partition coefficient (Wildman–Crippen LogP) is 2.85. The molecule has 33 heavy (non-hydrogen) atoms. The highest BCUT2D eigenvalue weighted by molar-refractivity contribution is 7.89. The third kappa shape index (κ3) is 5.29. The number of nitrogens with one attached hydrogen (secondary N) is 1. The molecule has 1 saturated heterocycles. The number of nitro benzene ring substituents is 1. The van der Waals surface area contributed by atoms with Crippen molar-refractivity contribution < 1.29 is 27.3 Å². The fraction of sp³-hybridized carbons (Fsp3) is 0.381. The first kappa shape index (κ1) is 24.6. The van der Waals surface area contributed by atoms with E-state index in [0.717, 1.165) is 12.1 Å². The number of anilines is 2. The first-order valence-electron chi connectivity index (χ1n) is 10.4. The number of carbonyl (C=O) groups is 1. The lowest BCUT2D eigenvalue weighted by molar-refractivity contribution is -0.387. The number of nitro groups is 1. The van der Waals surface area contributed by atoms with E-state index < -0.39 is 32.4 Å². The SMILES string of the molecule is CCN(CC)S(=O)(=O)c1ccc(N2CCOCC2)c(C(=O)Nc2ccc(F)c([N+](=O)[O-])c2)c1. The van der Waals surface area contributed by atoms with Crippen LogP contribution >= 0.6 is 0 Å². The number of ether oxygens (including phenoxy) is 1. The largest absolute Gasteiger partial charge is 0.378 e. The van der Waals surface area contributed by atoms with E-state index in [1.165, 1.54) is 22.5 Å². The Kier molecular flexibility index (Phi) is 7.61. The first-order valence-corrected chi connectivity index (χ1v) is 11.8. The molecule has 3 rings (SSSR count). The van der Waals surface area contributed by atoms with Crippen LogP contribution < -0.4 is 10.2 Å². The number of rotatable bonds is 8. The molecule has 1 amide bonds. The molecule has 1 aliphatic rings. The highest BCUT2D eigenvalue weighted by Crippen LogP contribution is 2.28. The second kappa shape index (κ2) is 10.2. The van der Waals surface area contributed by atoms with Gasteiger partial charge in [-0.15, -0.1) is 0 Å². The van der Waals surface area contributed by atoms with Gasteiger partial charge in [-0.05, 0) is 30.3 Å². The Balaban J connectivity index is 2.04. The highest BCUT2D eigenvalue weighted by Gasteiger charge is 2.26. The van der Waals surface area contributed by atoms with Gasteiger partial charge in [-0.3, -0.25) is 14.9 Å². The van der Waals surface area contributed by atoms with Gasteiger partial charge in [0.2, 0.25) is 15.8 Å². The fourth-order valence-corrected chi connectivity index (χ4v) is 5.06. The van der Waals surface area contributed by atoms with Crippen LogP contribution in [0.1, 0.15) is 24.2 Å². The number of carbonyl (C=O) groups excluding carboxylic acids is 1. The molecule has 2 aromatic rings. The molecule has 0 spiro atoms. The summed E-state index contributed by atoms with van der Waals surface area (Å²) in [4.78, 5) is 25.2. The van der Waals surface area contributed by atoms with Gasteiger partial charge in [0.15, 0.2) is 0 Å². The van der Waals surface area contributed by atoms with Crippen LogP contribution in [-0.2, 0) is 14.8 Å². The maximum atomic E-state index is 13.7. The average molecular weight is 481 g/mol. The Morgan fingerprint density at radius 1 is 1.18 bits per heavy atom. The van der Waals surface area contributed by atoms with Crippen molar-refractivity contribution in [3.8, 4) is 0 Å². The second-order valence-electron chi connectivity index (χ2n) is 7.25. The number of benzene rings is 2. The molecule has 2 aromatic carbocycles. The van der Waals surface area contributed by atoms with Crippen molar-refractivity contribution in [2.24, 2.45) is 0 Å². The monoisotopic (exact) mass is 480 g/mol. The summed E-state index contributed by atoms with van der Waals surface area (Å²) < 4.78 is 46.3. The number of morpholine rings is 1. The van der Waals surface area contributed by atoms with Crippen LogP contribution in [0.4, 0.5) is 21.5 Å². The molecular formula is C21H25FN4O6S. The van der Waals surface area contributed by atoms with Crippen LogP contribution in [0.25, 0.3) is 0 Å². The van der Waals surface area contributed by atoms with Crippen molar-refractivity contribution in [3.05, 3.63) is 57.9 Å². The molecule has 0 atom stereocenters. The van der Waals surface area contributed by atoms with Crippen molar-refractivity contribution in [3.63, 3.8) is 0 Å². The molecule has 178 valence electrons. The number of nitrogens with zero attached hydrogens (tertiary/aromatic N) is 3. The molecule has 0 bridgehead atoms. The molecule has 1 fully saturated rings. The zero-order chi connectivity index (χ0) is 24.2. The van der Waals surface area contributed by atoms with E-state index in [-0.39, 0.29) is 29.2 Å². The fourth-order valence-electron chi connectivity index (χ4n) is 3.58. The van der Waals surface area contributed by atoms with Gasteiger partial charge >= 0.3 is 5.69 Å². The minimum atomic E-state index is -3.83. The molecule has 0 saturated carbocycles. The smallest absolute Gasteiger partial charge is 0.306 e. The lowest BCUT2D eigenvalue weighted by atomic mass is 10.1. The summed E-state index contributed by atoms with van der Waals surface area (Å²) in [6.45, 7) is 5.89. The topological polar surface area (TPSA) is 122 Å². The number of hydrogen-bond donors (Lipinski definition) is 1. The van der Waals surface area contributed by atoms with Gasteiger partial charge in [-0.2, -0.15) is 8.70 Å². The van der Waals surface area contributed by atoms with Crippen molar-refractivity contribution in [1.82, 2.24) is 4.31 Å². The Morgan fingerprint density at radius 3 is 2.45 bits per heavy atom. The Hall–Kier alpha value is -3.09. The number of halogens is 1. The van der Waals surface area contributed by atoms with E-state index in [1.807, 2.05) is 4.90 Å². The molecule has 0 aliphatic carbocycles. The van der Waals surface area contributed by atoms with Crippen LogP contribution in [0, 0.1) is 15.9 Å². The molecule has 1 heterocycles. The minimum Gasteiger partial charge on any atom is -0.378 e. The van der Waals surface area contributed by atoms with Crippen LogP contribution in [0.15, 0.2) is 41.3 Å². The Labute approximate surface area is 191 Å². The summed E-state index contributed by atoms with van der Waals surface area (Å²) in [5.41, 5.74) is -0.180. The van der Waals surface area contributed by atoms with Gasteiger partial charge in [-0.1, -0.05) is 13.8 Å². The second-order valence-corrected chi connectivity index (χ2v) is 9.18. The summed E-state index contributed by atoms with van der Waals surface area (Å²) in [7, 11) is -3.83. The summed E-state index contributed by atoms with van der Waals surface area (Å²) in [5.74, 6) is -1.70. The molecule has 1 aliphatic heterocycles. The molecule has 0 radical (unpaired) electrons. The maximum absolute atomic E-state index is 13.7. The van der Waals surface area contributed by atoms with E-state index in [2.05, 4.69) is 5.32 Å². The Morgan fingerprint density at radius 2 is 1.85 bits per heavy atom. The summed E-state index contributed by atoms with van der Waals surface area (Å²) in [6, 6.07) is 7.33. The summed E-state index contributed by atoms with van der Waals surface area (Å²) in [6.07, 6.45) is 0. The zero-order valence-corrected chi connectivity index (χ0v) is 19.1. The van der Waals surface area contributed by atoms with Gasteiger partial charge in [0.05, 0.1) is 28.6 Å². The maximum Gasteiger partial charge on any atom is 0.306 e. The third-order valence-corrected chi connectivity index (χ3v) is 7.35. The van der Waals surface area contributed by atoms with Gasteiger partial charge in [0, 0.05) is 43.6 Å². The van der Waals surface area contributed by atoms with Crippen molar-refractivity contribution >= 4 is 33.0 Å². The van der Waals surface area contributed by atoms with Crippen LogP contribution in [-0.4, -0.2) is 62.9 Å².